The molecule has 8 heteroatoms. The molecule has 1 aromatic carbocycles. The van der Waals surface area contributed by atoms with Crippen molar-refractivity contribution in [3.05, 3.63) is 35.0 Å². The Kier molecular flexibility index (Phi) is 4.27. The summed E-state index contributed by atoms with van der Waals surface area (Å²) in [5.41, 5.74) is 0.0438. The molecule has 0 aliphatic heterocycles. The third-order valence-electron chi connectivity index (χ3n) is 2.87. The first-order valence-corrected chi connectivity index (χ1v) is 6.15. The summed E-state index contributed by atoms with van der Waals surface area (Å²) in [6.07, 6.45) is 1.35. The molecule has 0 aliphatic carbocycles. The minimum Gasteiger partial charge on any atom is -0.497 e. The lowest BCUT2D eigenvalue weighted by atomic mass is 10.2. The van der Waals surface area contributed by atoms with Gasteiger partial charge in [-0.05, 0) is 0 Å². The Labute approximate surface area is 120 Å². The van der Waals surface area contributed by atoms with E-state index in [2.05, 4.69) is 10.3 Å². The van der Waals surface area contributed by atoms with Gasteiger partial charge in [-0.2, -0.15) is 4.98 Å². The summed E-state index contributed by atoms with van der Waals surface area (Å²) in [5.74, 6) is 0.765. The van der Waals surface area contributed by atoms with Crippen LogP contribution in [-0.2, 0) is 18.4 Å². The zero-order valence-corrected chi connectivity index (χ0v) is 12.0. The van der Waals surface area contributed by atoms with E-state index in [0.29, 0.717) is 17.2 Å². The Morgan fingerprint density at radius 3 is 2.33 bits per heavy atom. The van der Waals surface area contributed by atoms with Crippen LogP contribution in [0.3, 0.4) is 0 Å². The minimum atomic E-state index is -0.476. The zero-order chi connectivity index (χ0) is 15.4. The van der Waals surface area contributed by atoms with Crippen molar-refractivity contribution in [2.75, 3.05) is 19.5 Å². The van der Waals surface area contributed by atoms with E-state index in [0.717, 1.165) is 0 Å². The number of methoxy groups -OCH3 is 2. The molecule has 1 heterocycles. The number of anilines is 1. The fraction of sp³-hybridized carbons (Fsp3) is 0.308. The molecule has 1 N–H and O–H groups in total. The molecular formula is C13H16N4O4. The molecule has 2 aromatic rings. The van der Waals surface area contributed by atoms with Crippen LogP contribution in [-0.4, -0.2) is 34.5 Å². The molecule has 0 saturated heterocycles. The van der Waals surface area contributed by atoms with Crippen molar-refractivity contribution >= 4 is 11.6 Å². The van der Waals surface area contributed by atoms with E-state index in [1.165, 1.54) is 29.9 Å². The number of benzene rings is 1. The summed E-state index contributed by atoms with van der Waals surface area (Å²) < 4.78 is 12.9. The third kappa shape index (κ3) is 3.41. The molecule has 1 aromatic heterocycles. The summed E-state index contributed by atoms with van der Waals surface area (Å²) in [5, 5.41) is 2.68. The number of carbonyl (C=O) groups excluding carboxylic acids is 1. The van der Waals surface area contributed by atoms with E-state index >= 15 is 0 Å². The third-order valence-corrected chi connectivity index (χ3v) is 2.87. The maximum atomic E-state index is 12.0. The van der Waals surface area contributed by atoms with Crippen LogP contribution in [0, 0.1) is 0 Å². The van der Waals surface area contributed by atoms with Crippen LogP contribution in [0.25, 0.3) is 0 Å². The number of aryl methyl sites for hydroxylation is 1. The van der Waals surface area contributed by atoms with Gasteiger partial charge in [-0.1, -0.05) is 0 Å². The van der Waals surface area contributed by atoms with E-state index < -0.39 is 5.69 Å². The number of hydrogen-bond acceptors (Lipinski definition) is 5. The average Bonchev–Trinajstić information content (AvgIpc) is 2.78. The normalized spacial score (nSPS) is 10.2. The number of hydrogen-bond donors (Lipinski definition) is 1. The number of ether oxygens (including phenoxy) is 2. The van der Waals surface area contributed by atoms with Crippen molar-refractivity contribution in [2.24, 2.45) is 7.05 Å². The minimum absolute atomic E-state index is 0.130. The molecule has 0 aliphatic rings. The molecule has 112 valence electrons. The molecule has 0 atom stereocenters. The monoisotopic (exact) mass is 292 g/mol. The molecule has 0 unspecified atom stereocenters. The molecule has 0 bridgehead atoms. The van der Waals surface area contributed by atoms with Gasteiger partial charge in [0.15, 0.2) is 0 Å². The highest BCUT2D eigenvalue weighted by molar-refractivity contribution is 5.90. The van der Waals surface area contributed by atoms with Crippen LogP contribution in [0.2, 0.25) is 0 Å². The van der Waals surface area contributed by atoms with Crippen molar-refractivity contribution in [2.45, 2.75) is 6.54 Å². The van der Waals surface area contributed by atoms with Gasteiger partial charge in [-0.15, -0.1) is 0 Å². The molecule has 0 radical (unpaired) electrons. The van der Waals surface area contributed by atoms with E-state index in [1.54, 1.807) is 25.2 Å². The first-order chi connectivity index (χ1) is 10.0. The van der Waals surface area contributed by atoms with Crippen molar-refractivity contribution in [1.29, 1.82) is 0 Å². The second-order valence-corrected chi connectivity index (χ2v) is 4.31. The predicted molar refractivity (Wildman–Crippen MR) is 75.6 cm³/mol. The van der Waals surface area contributed by atoms with Gasteiger partial charge in [0.25, 0.3) is 0 Å². The standard InChI is InChI=1S/C13H16N4O4/c1-16-8-14-13(19)17(16)7-12(18)15-9-4-10(20-2)6-11(5-9)21-3/h4-6,8H,7H2,1-3H3,(H,15,18). The zero-order valence-electron chi connectivity index (χ0n) is 12.0. The van der Waals surface area contributed by atoms with Gasteiger partial charge >= 0.3 is 5.69 Å². The molecule has 1 amide bonds. The first kappa shape index (κ1) is 14.6. The molecule has 8 nitrogen and oxygen atoms in total. The van der Waals surface area contributed by atoms with Crippen molar-refractivity contribution < 1.29 is 14.3 Å². The first-order valence-electron chi connectivity index (χ1n) is 6.15. The van der Waals surface area contributed by atoms with Gasteiger partial charge in [0.2, 0.25) is 5.91 Å². The van der Waals surface area contributed by atoms with E-state index in [-0.39, 0.29) is 12.5 Å². The lowest BCUT2D eigenvalue weighted by Crippen LogP contribution is -2.29. The number of nitrogens with one attached hydrogen (secondary N) is 1. The van der Waals surface area contributed by atoms with E-state index in [9.17, 15) is 9.59 Å². The topological polar surface area (TPSA) is 87.4 Å². The average molecular weight is 292 g/mol. The van der Waals surface area contributed by atoms with E-state index in [1.807, 2.05) is 0 Å². The van der Waals surface area contributed by atoms with Crippen molar-refractivity contribution in [3.63, 3.8) is 0 Å². The number of rotatable bonds is 5. The summed E-state index contributed by atoms with van der Waals surface area (Å²) in [7, 11) is 4.68. The van der Waals surface area contributed by atoms with Crippen LogP contribution < -0.4 is 20.5 Å². The van der Waals surface area contributed by atoms with E-state index in [4.69, 9.17) is 9.47 Å². The van der Waals surface area contributed by atoms with Gasteiger partial charge in [0, 0.05) is 30.9 Å². The SMILES string of the molecule is COc1cc(NC(=O)Cn2c(=O)ncn2C)cc(OC)c1. The fourth-order valence-electron chi connectivity index (χ4n) is 1.79. The number of nitrogens with zero attached hydrogens (tertiary/aromatic N) is 3. The predicted octanol–water partition coefficient (Wildman–Crippen LogP) is 0.238. The molecule has 0 spiro atoms. The van der Waals surface area contributed by atoms with Gasteiger partial charge in [0.1, 0.15) is 24.4 Å². The lowest BCUT2D eigenvalue weighted by molar-refractivity contribution is -0.117. The summed E-state index contributed by atoms with van der Waals surface area (Å²) in [4.78, 5) is 27.0. The number of amides is 1. The smallest absolute Gasteiger partial charge is 0.364 e. The van der Waals surface area contributed by atoms with Crippen molar-refractivity contribution in [1.82, 2.24) is 14.3 Å². The molecule has 0 saturated carbocycles. The van der Waals surface area contributed by atoms with Crippen LogP contribution in [0.15, 0.2) is 29.3 Å². The van der Waals surface area contributed by atoms with Gasteiger partial charge in [0.05, 0.1) is 14.2 Å². The molecule has 0 fully saturated rings. The van der Waals surface area contributed by atoms with Gasteiger partial charge < -0.3 is 14.8 Å². The number of carbonyl (C=O) groups is 1. The highest BCUT2D eigenvalue weighted by atomic mass is 16.5. The Balaban J connectivity index is 2.14. The maximum absolute atomic E-state index is 12.0. The lowest BCUT2D eigenvalue weighted by Gasteiger charge is -2.10. The molecule has 2 rings (SSSR count). The highest BCUT2D eigenvalue weighted by Crippen LogP contribution is 2.25. The summed E-state index contributed by atoms with van der Waals surface area (Å²) in [6, 6.07) is 5.01. The second-order valence-electron chi connectivity index (χ2n) is 4.31. The quantitative estimate of drug-likeness (QED) is 0.853. The van der Waals surface area contributed by atoms with Crippen LogP contribution in [0.5, 0.6) is 11.5 Å². The highest BCUT2D eigenvalue weighted by Gasteiger charge is 2.10. The van der Waals surface area contributed by atoms with Crippen LogP contribution in [0.1, 0.15) is 0 Å². The molecular weight excluding hydrogens is 276 g/mol. The van der Waals surface area contributed by atoms with Crippen LogP contribution in [0.4, 0.5) is 5.69 Å². The largest absolute Gasteiger partial charge is 0.497 e. The fourth-order valence-corrected chi connectivity index (χ4v) is 1.79. The maximum Gasteiger partial charge on any atom is 0.364 e. The second kappa shape index (κ2) is 6.12. The Morgan fingerprint density at radius 1 is 1.24 bits per heavy atom. The Morgan fingerprint density at radius 2 is 1.86 bits per heavy atom. The molecule has 21 heavy (non-hydrogen) atoms. The Bertz CT molecular complexity index is 682. The van der Waals surface area contributed by atoms with Crippen LogP contribution >= 0.6 is 0 Å². The summed E-state index contributed by atoms with van der Waals surface area (Å²) in [6.45, 7) is -0.130. The summed E-state index contributed by atoms with van der Waals surface area (Å²) >= 11 is 0. The van der Waals surface area contributed by atoms with Crippen molar-refractivity contribution in [3.8, 4) is 11.5 Å². The Hall–Kier alpha value is -2.77. The number of aromatic nitrogens is 3. The van der Waals surface area contributed by atoms with Gasteiger partial charge in [-0.25, -0.2) is 9.48 Å². The van der Waals surface area contributed by atoms with Gasteiger partial charge in [-0.3, -0.25) is 9.48 Å².